The van der Waals surface area contributed by atoms with Gasteiger partial charge >= 0.3 is 0 Å². The van der Waals surface area contributed by atoms with Crippen LogP contribution < -0.4 is 0 Å². The number of benzene rings is 1. The summed E-state index contributed by atoms with van der Waals surface area (Å²) < 4.78 is 5.82. The fourth-order valence-corrected chi connectivity index (χ4v) is 5.02. The molecule has 0 bridgehead atoms. The highest BCUT2D eigenvalue weighted by Gasteiger charge is 2.43. The van der Waals surface area contributed by atoms with Crippen LogP contribution in [-0.2, 0) is 16.0 Å². The van der Waals surface area contributed by atoms with Crippen LogP contribution in [0.2, 0.25) is 0 Å². The van der Waals surface area contributed by atoms with Crippen LogP contribution in [0.1, 0.15) is 51.2 Å². The first-order valence-electron chi connectivity index (χ1n) is 12.2. The third-order valence-electron chi connectivity index (χ3n) is 7.16. The molecule has 5 heteroatoms. The van der Waals surface area contributed by atoms with Gasteiger partial charge in [-0.15, -0.1) is 0 Å². The summed E-state index contributed by atoms with van der Waals surface area (Å²) in [5, 5.41) is 21.1. The van der Waals surface area contributed by atoms with E-state index in [2.05, 4.69) is 25.1 Å². The topological polar surface area (TPSA) is 70.0 Å². The maximum Gasteiger partial charge on any atom is 0.225 e. The van der Waals surface area contributed by atoms with Gasteiger partial charge in [0.25, 0.3) is 0 Å². The fourth-order valence-electron chi connectivity index (χ4n) is 5.02. The third-order valence-corrected chi connectivity index (χ3v) is 7.16. The van der Waals surface area contributed by atoms with E-state index in [0.29, 0.717) is 37.9 Å². The monoisotopic (exact) mass is 455 g/mol. The molecule has 33 heavy (non-hydrogen) atoms. The van der Waals surface area contributed by atoms with Gasteiger partial charge in [0, 0.05) is 24.9 Å². The number of hydrogen-bond acceptors (Lipinski definition) is 4. The predicted molar refractivity (Wildman–Crippen MR) is 132 cm³/mol. The van der Waals surface area contributed by atoms with Crippen LogP contribution in [0.25, 0.3) is 0 Å². The molecule has 2 N–H and O–H groups in total. The summed E-state index contributed by atoms with van der Waals surface area (Å²) in [4.78, 5) is 14.0. The Morgan fingerprint density at radius 2 is 2.09 bits per heavy atom. The van der Waals surface area contributed by atoms with E-state index < -0.39 is 6.10 Å². The molecule has 182 valence electrons. The van der Waals surface area contributed by atoms with Crippen molar-refractivity contribution in [3.8, 4) is 0 Å². The number of rotatable bonds is 9. The normalized spacial score (nSPS) is 25.8. The summed E-state index contributed by atoms with van der Waals surface area (Å²) in [6.07, 6.45) is 7.83. The average molecular weight is 456 g/mol. The van der Waals surface area contributed by atoms with Gasteiger partial charge in [0.1, 0.15) is 0 Å². The van der Waals surface area contributed by atoms with Crippen molar-refractivity contribution in [2.24, 2.45) is 17.8 Å². The summed E-state index contributed by atoms with van der Waals surface area (Å²) in [6.45, 7) is 9.08. The summed E-state index contributed by atoms with van der Waals surface area (Å²) in [5.74, 6) is 0.862. The fraction of sp³-hybridized carbons (Fsp3) is 0.607. The molecule has 0 unspecified atom stereocenters. The van der Waals surface area contributed by atoms with Gasteiger partial charge in [0.15, 0.2) is 0 Å². The van der Waals surface area contributed by atoms with Crippen molar-refractivity contribution < 1.29 is 19.7 Å². The highest BCUT2D eigenvalue weighted by molar-refractivity contribution is 5.76. The van der Waals surface area contributed by atoms with Crippen molar-refractivity contribution in [1.82, 2.24) is 4.90 Å². The molecule has 1 fully saturated rings. The Balaban J connectivity index is 1.45. The summed E-state index contributed by atoms with van der Waals surface area (Å²) in [6, 6.07) is 8.20. The molecule has 2 aliphatic carbocycles. The van der Waals surface area contributed by atoms with E-state index in [4.69, 9.17) is 4.74 Å². The van der Waals surface area contributed by atoms with Crippen molar-refractivity contribution in [1.29, 1.82) is 0 Å². The van der Waals surface area contributed by atoms with Crippen LogP contribution in [0.3, 0.4) is 0 Å². The highest BCUT2D eigenvalue weighted by atomic mass is 16.5. The van der Waals surface area contributed by atoms with Crippen LogP contribution in [0.15, 0.2) is 48.1 Å². The lowest BCUT2D eigenvalue weighted by Gasteiger charge is -2.32. The van der Waals surface area contributed by atoms with Gasteiger partial charge in [0.05, 0.1) is 31.8 Å². The number of amides is 1. The molecule has 1 amide bonds. The van der Waals surface area contributed by atoms with Gasteiger partial charge in [-0.2, -0.15) is 0 Å². The van der Waals surface area contributed by atoms with Crippen LogP contribution in [0.5, 0.6) is 0 Å². The Morgan fingerprint density at radius 1 is 1.33 bits per heavy atom. The number of aliphatic hydroxyl groups excluding tert-OH is 2. The Morgan fingerprint density at radius 3 is 2.79 bits per heavy atom. The number of carbonyl (C=O) groups is 1. The van der Waals surface area contributed by atoms with Crippen LogP contribution >= 0.6 is 0 Å². The number of nitrogens with zero attached hydrogens (tertiary/aromatic N) is 1. The Kier molecular flexibility index (Phi) is 8.54. The molecule has 0 aliphatic heterocycles. The smallest absolute Gasteiger partial charge is 0.225 e. The number of ether oxygens (including phenoxy) is 1. The molecule has 2 aliphatic rings. The summed E-state index contributed by atoms with van der Waals surface area (Å²) >= 11 is 0. The van der Waals surface area contributed by atoms with E-state index in [1.54, 1.807) is 4.90 Å². The first kappa shape index (κ1) is 25.7. The van der Waals surface area contributed by atoms with Crippen molar-refractivity contribution in [3.63, 3.8) is 0 Å². The van der Waals surface area contributed by atoms with E-state index in [0.717, 1.165) is 18.4 Å². The number of carbonyl (C=O) groups excluding carboxylic acids is 1. The molecule has 0 spiro atoms. The zero-order valence-electron chi connectivity index (χ0n) is 20.8. The first-order valence-corrected chi connectivity index (χ1v) is 12.2. The molecule has 0 heterocycles. The minimum Gasteiger partial charge on any atom is -0.392 e. The quantitative estimate of drug-likeness (QED) is 0.435. The maximum atomic E-state index is 12.3. The zero-order valence-corrected chi connectivity index (χ0v) is 20.8. The Hall–Kier alpha value is -1.95. The predicted octanol–water partition coefficient (Wildman–Crippen LogP) is 4.06. The molecular weight excluding hydrogens is 414 g/mol. The van der Waals surface area contributed by atoms with Gasteiger partial charge < -0.3 is 19.8 Å². The number of aliphatic hydroxyl groups is 2. The molecule has 1 aromatic rings. The van der Waals surface area contributed by atoms with Gasteiger partial charge in [-0.1, -0.05) is 48.1 Å². The van der Waals surface area contributed by atoms with Gasteiger partial charge in [-0.25, -0.2) is 0 Å². The largest absolute Gasteiger partial charge is 0.392 e. The first-order chi connectivity index (χ1) is 15.5. The maximum absolute atomic E-state index is 12.3. The summed E-state index contributed by atoms with van der Waals surface area (Å²) in [7, 11) is 1.83. The van der Waals surface area contributed by atoms with Crippen molar-refractivity contribution >= 4 is 5.91 Å². The second kappa shape index (κ2) is 11.0. The molecule has 0 radical (unpaired) electrons. The number of allylic oxidation sites excluding steroid dienone is 1. The lowest BCUT2D eigenvalue weighted by atomic mass is 9.89. The Bertz CT molecular complexity index is 869. The number of aryl methyl sites for hydroxylation is 1. The SMILES string of the molecule is Cc1cccc(C[C@H](O)/C=C/[C@@H]2[C@H]3CC(COCCC(=O)N(C)C(C)(C)C)=C[C@H]3C[C@H]2O)c1. The molecular formula is C28H41NO4. The standard InChI is InChI=1S/C28H41NO4/c1-19-7-6-8-20(13-19)15-23(30)9-10-24-25-16-21(14-22(25)17-26(24)31)18-33-12-11-27(32)29(5)28(2,3)4/h6-10,13-14,22-26,30-31H,11-12,15-18H2,1-5H3/b10-9+/t22-,23+,24+,25-,26+/m0/s1. The van der Waals surface area contributed by atoms with Crippen LogP contribution in [-0.4, -0.2) is 59.0 Å². The molecule has 5 nitrogen and oxygen atoms in total. The minimum atomic E-state index is -0.556. The minimum absolute atomic E-state index is 0.0536. The molecule has 0 aromatic heterocycles. The van der Waals surface area contributed by atoms with E-state index in [9.17, 15) is 15.0 Å². The number of hydrogen-bond donors (Lipinski definition) is 2. The van der Waals surface area contributed by atoms with Crippen LogP contribution in [0.4, 0.5) is 0 Å². The van der Waals surface area contributed by atoms with E-state index >= 15 is 0 Å². The molecule has 1 saturated carbocycles. The lowest BCUT2D eigenvalue weighted by Crippen LogP contribution is -2.42. The zero-order chi connectivity index (χ0) is 24.2. The summed E-state index contributed by atoms with van der Waals surface area (Å²) in [5.41, 5.74) is 3.38. The molecule has 3 rings (SSSR count). The van der Waals surface area contributed by atoms with Gasteiger partial charge in [0.2, 0.25) is 5.91 Å². The van der Waals surface area contributed by atoms with Crippen molar-refractivity contribution in [3.05, 3.63) is 59.2 Å². The molecule has 1 aromatic carbocycles. The van der Waals surface area contributed by atoms with Crippen molar-refractivity contribution in [2.75, 3.05) is 20.3 Å². The second-order valence-corrected chi connectivity index (χ2v) is 10.8. The van der Waals surface area contributed by atoms with E-state index in [1.807, 2.05) is 52.1 Å². The van der Waals surface area contributed by atoms with Crippen LogP contribution in [0, 0.1) is 24.7 Å². The molecule has 5 atom stereocenters. The van der Waals surface area contributed by atoms with Gasteiger partial charge in [-0.3, -0.25) is 4.79 Å². The van der Waals surface area contributed by atoms with Crippen molar-refractivity contribution in [2.45, 2.75) is 71.1 Å². The third kappa shape index (κ3) is 7.02. The van der Waals surface area contributed by atoms with E-state index in [1.165, 1.54) is 11.1 Å². The average Bonchev–Trinajstić information content (AvgIpc) is 3.24. The second-order valence-electron chi connectivity index (χ2n) is 10.8. The Labute approximate surface area is 199 Å². The number of fused-ring (bicyclic) bond motifs is 1. The van der Waals surface area contributed by atoms with Gasteiger partial charge in [-0.05, 0) is 63.5 Å². The molecule has 0 saturated heterocycles. The highest BCUT2D eigenvalue weighted by Crippen LogP contribution is 2.47. The lowest BCUT2D eigenvalue weighted by molar-refractivity contribution is -0.135. The van der Waals surface area contributed by atoms with E-state index in [-0.39, 0.29) is 23.5 Å².